The molecule has 3 nitrogen and oxygen atoms in total. The summed E-state index contributed by atoms with van der Waals surface area (Å²) >= 11 is 0. The molecule has 1 fully saturated rings. The lowest BCUT2D eigenvalue weighted by Gasteiger charge is -1.99. The van der Waals surface area contributed by atoms with Crippen LogP contribution in [0.3, 0.4) is 0 Å². The highest BCUT2D eigenvalue weighted by molar-refractivity contribution is 5.70. The zero-order valence-corrected chi connectivity index (χ0v) is 6.75. The number of carbonyl (C=O) groups excluding carboxylic acids is 1. The molecular formula is C8H13NO2. The van der Waals surface area contributed by atoms with Crippen LogP contribution in [0.25, 0.3) is 0 Å². The van der Waals surface area contributed by atoms with E-state index in [1.165, 1.54) is 0 Å². The summed E-state index contributed by atoms with van der Waals surface area (Å²) in [5.74, 6) is -0.109. The fraction of sp³-hybridized carbons (Fsp3) is 0.625. The minimum absolute atomic E-state index is 0.109. The minimum Gasteiger partial charge on any atom is -0.466 e. The van der Waals surface area contributed by atoms with Crippen molar-refractivity contribution in [2.45, 2.75) is 19.4 Å². The number of ether oxygens (including phenoxy) is 1. The summed E-state index contributed by atoms with van der Waals surface area (Å²) < 4.78 is 4.79. The van der Waals surface area contributed by atoms with Crippen molar-refractivity contribution in [1.82, 2.24) is 4.90 Å². The maximum absolute atomic E-state index is 10.9. The van der Waals surface area contributed by atoms with Gasteiger partial charge in [0.15, 0.2) is 0 Å². The van der Waals surface area contributed by atoms with E-state index in [1.807, 2.05) is 11.8 Å². The fourth-order valence-corrected chi connectivity index (χ4v) is 1.01. The van der Waals surface area contributed by atoms with Crippen molar-refractivity contribution in [1.29, 1.82) is 0 Å². The molecule has 1 rings (SSSR count). The molecule has 0 aromatic heterocycles. The highest BCUT2D eigenvalue weighted by atomic mass is 16.5. The molecule has 1 aliphatic heterocycles. The quantitative estimate of drug-likeness (QED) is 0.443. The summed E-state index contributed by atoms with van der Waals surface area (Å²) in [6.45, 7) is 6.83. The van der Waals surface area contributed by atoms with E-state index in [9.17, 15) is 4.79 Å². The van der Waals surface area contributed by atoms with Gasteiger partial charge in [-0.05, 0) is 13.1 Å². The Morgan fingerprint density at radius 2 is 2.64 bits per heavy atom. The van der Waals surface area contributed by atoms with Gasteiger partial charge in [0, 0.05) is 6.54 Å². The number of nitrogens with zero attached hydrogens (tertiary/aromatic N) is 1. The monoisotopic (exact) mass is 155 g/mol. The van der Waals surface area contributed by atoms with Crippen molar-refractivity contribution in [2.75, 3.05) is 13.2 Å². The van der Waals surface area contributed by atoms with Crippen LogP contribution < -0.4 is 0 Å². The van der Waals surface area contributed by atoms with Crippen LogP contribution in [-0.2, 0) is 9.53 Å². The zero-order valence-electron chi connectivity index (χ0n) is 6.75. The van der Waals surface area contributed by atoms with Gasteiger partial charge in [0.1, 0.15) is 0 Å². The highest BCUT2D eigenvalue weighted by Gasteiger charge is 2.32. The first-order valence-corrected chi connectivity index (χ1v) is 3.81. The van der Waals surface area contributed by atoms with Gasteiger partial charge in [0.2, 0.25) is 0 Å². The molecule has 0 aliphatic carbocycles. The van der Waals surface area contributed by atoms with Gasteiger partial charge in [0.05, 0.1) is 19.1 Å². The maximum atomic E-state index is 10.9. The van der Waals surface area contributed by atoms with Crippen molar-refractivity contribution in [2.24, 2.45) is 0 Å². The first-order chi connectivity index (χ1) is 5.27. The third-order valence-corrected chi connectivity index (χ3v) is 1.70. The summed E-state index contributed by atoms with van der Waals surface area (Å²) in [6.07, 6.45) is 2.25. The Morgan fingerprint density at radius 3 is 3.09 bits per heavy atom. The SMILES string of the molecule is C=CN1CC1CC(=O)OCC. The van der Waals surface area contributed by atoms with E-state index < -0.39 is 0 Å². The van der Waals surface area contributed by atoms with Crippen molar-refractivity contribution >= 4 is 5.97 Å². The van der Waals surface area contributed by atoms with Crippen molar-refractivity contribution < 1.29 is 9.53 Å². The molecule has 0 spiro atoms. The van der Waals surface area contributed by atoms with E-state index >= 15 is 0 Å². The molecule has 0 aromatic carbocycles. The summed E-state index contributed by atoms with van der Waals surface area (Å²) in [5, 5.41) is 0. The van der Waals surface area contributed by atoms with E-state index in [0.717, 1.165) is 6.54 Å². The van der Waals surface area contributed by atoms with Crippen LogP contribution in [0, 0.1) is 0 Å². The predicted octanol–water partition coefficient (Wildman–Crippen LogP) is 0.767. The molecular weight excluding hydrogens is 142 g/mol. The number of carbonyl (C=O) groups is 1. The number of hydrogen-bond donors (Lipinski definition) is 0. The molecule has 0 bridgehead atoms. The predicted molar refractivity (Wildman–Crippen MR) is 41.9 cm³/mol. The van der Waals surface area contributed by atoms with Gasteiger partial charge in [-0.2, -0.15) is 0 Å². The molecule has 1 unspecified atom stereocenters. The molecule has 0 radical (unpaired) electrons. The topological polar surface area (TPSA) is 29.3 Å². The normalized spacial score (nSPS) is 21.2. The Morgan fingerprint density at radius 1 is 1.91 bits per heavy atom. The van der Waals surface area contributed by atoms with E-state index in [0.29, 0.717) is 19.1 Å². The van der Waals surface area contributed by atoms with Crippen LogP contribution in [0.2, 0.25) is 0 Å². The Balaban J connectivity index is 2.12. The van der Waals surface area contributed by atoms with Gasteiger partial charge in [0.25, 0.3) is 0 Å². The molecule has 11 heavy (non-hydrogen) atoms. The van der Waals surface area contributed by atoms with Crippen LogP contribution in [0.5, 0.6) is 0 Å². The van der Waals surface area contributed by atoms with E-state index in [-0.39, 0.29) is 5.97 Å². The molecule has 1 saturated heterocycles. The molecule has 0 aromatic rings. The molecule has 1 aliphatic rings. The molecule has 62 valence electrons. The highest BCUT2D eigenvalue weighted by Crippen LogP contribution is 2.20. The second-order valence-electron chi connectivity index (χ2n) is 2.54. The van der Waals surface area contributed by atoms with Crippen LogP contribution in [0.4, 0.5) is 0 Å². The Labute approximate surface area is 66.6 Å². The second kappa shape index (κ2) is 3.42. The first kappa shape index (κ1) is 8.11. The standard InChI is InChI=1S/C8H13NO2/c1-3-9-6-7(9)5-8(10)11-4-2/h3,7H,1,4-6H2,2H3. The summed E-state index contributed by atoms with van der Waals surface area (Å²) in [6, 6.07) is 0.353. The largest absolute Gasteiger partial charge is 0.466 e. The van der Waals surface area contributed by atoms with Crippen molar-refractivity contribution in [3.05, 3.63) is 12.8 Å². The van der Waals surface area contributed by atoms with Crippen LogP contribution in [-0.4, -0.2) is 30.1 Å². The van der Waals surface area contributed by atoms with Crippen LogP contribution in [0.1, 0.15) is 13.3 Å². The number of hydrogen-bond acceptors (Lipinski definition) is 3. The lowest BCUT2D eigenvalue weighted by Crippen LogP contribution is -2.08. The van der Waals surface area contributed by atoms with Crippen molar-refractivity contribution in [3.63, 3.8) is 0 Å². The Hall–Kier alpha value is -0.990. The third kappa shape index (κ3) is 2.26. The van der Waals surface area contributed by atoms with Gasteiger partial charge < -0.3 is 9.64 Å². The number of esters is 1. The summed E-state index contributed by atoms with van der Waals surface area (Å²) in [7, 11) is 0. The summed E-state index contributed by atoms with van der Waals surface area (Å²) in [4.78, 5) is 12.9. The molecule has 3 heteroatoms. The molecule has 1 heterocycles. The average Bonchev–Trinajstić information content (AvgIpc) is 2.68. The van der Waals surface area contributed by atoms with E-state index in [4.69, 9.17) is 4.74 Å². The molecule has 0 saturated carbocycles. The minimum atomic E-state index is -0.109. The molecule has 0 amide bonds. The maximum Gasteiger partial charge on any atom is 0.307 e. The Bertz CT molecular complexity index is 167. The third-order valence-electron chi connectivity index (χ3n) is 1.70. The lowest BCUT2D eigenvalue weighted by atomic mass is 10.3. The van der Waals surface area contributed by atoms with Crippen LogP contribution >= 0.6 is 0 Å². The van der Waals surface area contributed by atoms with E-state index in [1.54, 1.807) is 6.20 Å². The smallest absolute Gasteiger partial charge is 0.307 e. The molecule has 1 atom stereocenters. The number of rotatable bonds is 4. The first-order valence-electron chi connectivity index (χ1n) is 3.81. The van der Waals surface area contributed by atoms with Crippen LogP contribution in [0.15, 0.2) is 12.8 Å². The van der Waals surface area contributed by atoms with Gasteiger partial charge in [-0.3, -0.25) is 4.79 Å². The van der Waals surface area contributed by atoms with Gasteiger partial charge in [-0.15, -0.1) is 0 Å². The van der Waals surface area contributed by atoms with Gasteiger partial charge >= 0.3 is 5.97 Å². The van der Waals surface area contributed by atoms with Gasteiger partial charge in [-0.1, -0.05) is 6.58 Å². The zero-order chi connectivity index (χ0) is 8.27. The Kier molecular flexibility index (Phi) is 2.52. The second-order valence-corrected chi connectivity index (χ2v) is 2.54. The lowest BCUT2D eigenvalue weighted by molar-refractivity contribution is -0.143. The fourth-order valence-electron chi connectivity index (χ4n) is 1.01. The van der Waals surface area contributed by atoms with Crippen molar-refractivity contribution in [3.8, 4) is 0 Å². The van der Waals surface area contributed by atoms with E-state index in [2.05, 4.69) is 6.58 Å². The molecule has 0 N–H and O–H groups in total. The summed E-state index contributed by atoms with van der Waals surface area (Å²) in [5.41, 5.74) is 0. The average molecular weight is 155 g/mol. The van der Waals surface area contributed by atoms with Gasteiger partial charge in [-0.25, -0.2) is 0 Å².